The van der Waals surface area contributed by atoms with Gasteiger partial charge in [0.2, 0.25) is 0 Å². The minimum atomic E-state index is -0.861. The van der Waals surface area contributed by atoms with Crippen molar-refractivity contribution in [3.63, 3.8) is 0 Å². The molecule has 0 spiro atoms. The lowest BCUT2D eigenvalue weighted by Crippen LogP contribution is -2.42. The fourth-order valence-electron chi connectivity index (χ4n) is 3.58. The Labute approximate surface area is 145 Å². The van der Waals surface area contributed by atoms with Crippen LogP contribution in [0.1, 0.15) is 77.6 Å². The zero-order valence-corrected chi connectivity index (χ0v) is 14.9. The molecule has 140 valence electrons. The molecule has 24 heavy (non-hydrogen) atoms. The van der Waals surface area contributed by atoms with Crippen LogP contribution in [0.25, 0.3) is 0 Å². The third-order valence-corrected chi connectivity index (χ3v) is 5.09. The van der Waals surface area contributed by atoms with Crippen molar-refractivity contribution in [1.82, 2.24) is 5.32 Å². The standard InChI is InChI=1S/2C9H17NO2/c1-7(9(11)12)10-8-5-3-2-4-6-8;10-8(9(11)12)6-7-4-2-1-3-5-7/h7-8,10H,2-6H2,1H3,(H,11,12);7-8H,1-6,10H2,(H,11,12)/t7-;8-/m11/s1. The van der Waals surface area contributed by atoms with Gasteiger partial charge in [-0.2, -0.15) is 0 Å². The molecule has 2 rings (SSSR count). The number of nitrogens with one attached hydrogen (secondary N) is 1. The third kappa shape index (κ3) is 8.64. The molecule has 0 aromatic heterocycles. The van der Waals surface area contributed by atoms with Crippen LogP contribution in [0, 0.1) is 5.92 Å². The van der Waals surface area contributed by atoms with E-state index in [1.54, 1.807) is 6.92 Å². The first-order valence-corrected chi connectivity index (χ1v) is 9.37. The lowest BCUT2D eigenvalue weighted by molar-refractivity contribution is -0.140. The lowest BCUT2D eigenvalue weighted by atomic mass is 9.85. The maximum absolute atomic E-state index is 10.5. The number of nitrogens with two attached hydrogens (primary N) is 1. The fourth-order valence-corrected chi connectivity index (χ4v) is 3.58. The molecule has 0 amide bonds. The first-order valence-electron chi connectivity index (χ1n) is 9.37. The molecule has 0 radical (unpaired) electrons. The number of hydrogen-bond donors (Lipinski definition) is 4. The van der Waals surface area contributed by atoms with Crippen LogP contribution in [0.4, 0.5) is 0 Å². The highest BCUT2D eigenvalue weighted by Gasteiger charge is 2.20. The molecule has 6 nitrogen and oxygen atoms in total. The van der Waals surface area contributed by atoms with Gasteiger partial charge in [-0.3, -0.25) is 9.59 Å². The highest BCUT2D eigenvalue weighted by molar-refractivity contribution is 5.73. The Kier molecular flexibility index (Phi) is 9.95. The molecule has 2 saturated carbocycles. The second kappa shape index (κ2) is 11.4. The maximum atomic E-state index is 10.5. The normalized spacial score (nSPS) is 22.1. The smallest absolute Gasteiger partial charge is 0.320 e. The summed E-state index contributed by atoms with van der Waals surface area (Å²) in [6, 6.07) is -0.606. The summed E-state index contributed by atoms with van der Waals surface area (Å²) in [6.07, 6.45) is 12.9. The molecule has 2 fully saturated rings. The van der Waals surface area contributed by atoms with Gasteiger partial charge in [0.15, 0.2) is 0 Å². The van der Waals surface area contributed by atoms with Crippen molar-refractivity contribution in [2.24, 2.45) is 11.7 Å². The van der Waals surface area contributed by atoms with Gasteiger partial charge in [-0.05, 0) is 32.1 Å². The summed E-state index contributed by atoms with van der Waals surface area (Å²) in [5.41, 5.74) is 5.45. The number of carboxylic acids is 2. The van der Waals surface area contributed by atoms with E-state index in [4.69, 9.17) is 15.9 Å². The van der Waals surface area contributed by atoms with Gasteiger partial charge in [-0.15, -0.1) is 0 Å². The maximum Gasteiger partial charge on any atom is 0.320 e. The van der Waals surface area contributed by atoms with Crippen molar-refractivity contribution in [1.29, 1.82) is 0 Å². The molecule has 2 aliphatic rings. The van der Waals surface area contributed by atoms with E-state index in [0.29, 0.717) is 18.4 Å². The van der Waals surface area contributed by atoms with Crippen LogP contribution >= 0.6 is 0 Å². The molecular weight excluding hydrogens is 308 g/mol. The van der Waals surface area contributed by atoms with E-state index in [1.165, 1.54) is 51.4 Å². The summed E-state index contributed by atoms with van der Waals surface area (Å²) in [5.74, 6) is -1.05. The van der Waals surface area contributed by atoms with Gasteiger partial charge < -0.3 is 21.3 Å². The van der Waals surface area contributed by atoms with Crippen molar-refractivity contribution in [3.05, 3.63) is 0 Å². The van der Waals surface area contributed by atoms with E-state index < -0.39 is 24.0 Å². The second-order valence-corrected chi connectivity index (χ2v) is 7.25. The number of aliphatic carboxylic acids is 2. The zero-order valence-electron chi connectivity index (χ0n) is 14.9. The van der Waals surface area contributed by atoms with Gasteiger partial charge in [0.05, 0.1) is 0 Å². The summed E-state index contributed by atoms with van der Waals surface area (Å²) in [6.45, 7) is 1.71. The van der Waals surface area contributed by atoms with Crippen molar-refractivity contribution in [3.8, 4) is 0 Å². The molecule has 2 aliphatic carbocycles. The predicted octanol–water partition coefficient (Wildman–Crippen LogP) is 2.75. The Morgan fingerprint density at radius 1 is 0.958 bits per heavy atom. The summed E-state index contributed by atoms with van der Waals surface area (Å²) < 4.78 is 0. The van der Waals surface area contributed by atoms with E-state index in [1.807, 2.05) is 0 Å². The monoisotopic (exact) mass is 342 g/mol. The first kappa shape index (κ1) is 20.9. The minimum Gasteiger partial charge on any atom is -0.480 e. The summed E-state index contributed by atoms with van der Waals surface area (Å²) in [5, 5.41) is 20.4. The number of hydrogen-bond acceptors (Lipinski definition) is 4. The van der Waals surface area contributed by atoms with E-state index in [9.17, 15) is 9.59 Å². The van der Waals surface area contributed by atoms with Crippen molar-refractivity contribution in [2.45, 2.75) is 95.7 Å². The molecule has 5 N–H and O–H groups in total. The number of carbonyl (C=O) groups is 2. The second-order valence-electron chi connectivity index (χ2n) is 7.25. The van der Waals surface area contributed by atoms with E-state index in [-0.39, 0.29) is 0 Å². The van der Waals surface area contributed by atoms with Crippen LogP contribution in [0.2, 0.25) is 0 Å². The van der Waals surface area contributed by atoms with Crippen LogP contribution in [-0.4, -0.2) is 40.3 Å². The minimum absolute atomic E-state index is 0.395. The largest absolute Gasteiger partial charge is 0.480 e. The van der Waals surface area contributed by atoms with E-state index in [0.717, 1.165) is 12.8 Å². The Hall–Kier alpha value is -1.14. The SMILES string of the molecule is C[C@@H](NC1CCCCC1)C(=O)O.N[C@H](CC1CCCCC1)C(=O)O. The van der Waals surface area contributed by atoms with Gasteiger partial charge in [0.25, 0.3) is 0 Å². The summed E-state index contributed by atoms with van der Waals surface area (Å²) in [4.78, 5) is 21.0. The van der Waals surface area contributed by atoms with Crippen molar-refractivity contribution < 1.29 is 19.8 Å². The average Bonchev–Trinajstić information content (AvgIpc) is 2.57. The van der Waals surface area contributed by atoms with Gasteiger partial charge in [0.1, 0.15) is 12.1 Å². The molecule has 0 heterocycles. The Morgan fingerprint density at radius 2 is 1.46 bits per heavy atom. The van der Waals surface area contributed by atoms with Crippen molar-refractivity contribution in [2.75, 3.05) is 0 Å². The van der Waals surface area contributed by atoms with Crippen LogP contribution in [-0.2, 0) is 9.59 Å². The van der Waals surface area contributed by atoms with E-state index >= 15 is 0 Å². The molecule has 0 saturated heterocycles. The van der Waals surface area contributed by atoms with Gasteiger partial charge in [-0.1, -0.05) is 51.4 Å². The Balaban J connectivity index is 0.000000240. The Bertz CT molecular complexity index is 341. The fraction of sp³-hybridized carbons (Fsp3) is 0.889. The molecular formula is C18H34N2O4. The lowest BCUT2D eigenvalue weighted by Gasteiger charge is -2.24. The topological polar surface area (TPSA) is 113 Å². The number of carboxylic acid groups (broad SMARTS) is 2. The summed E-state index contributed by atoms with van der Waals surface area (Å²) >= 11 is 0. The van der Waals surface area contributed by atoms with Crippen molar-refractivity contribution >= 4 is 11.9 Å². The van der Waals surface area contributed by atoms with Crippen LogP contribution in [0.5, 0.6) is 0 Å². The zero-order chi connectivity index (χ0) is 17.9. The Morgan fingerprint density at radius 3 is 1.92 bits per heavy atom. The van der Waals surface area contributed by atoms with E-state index in [2.05, 4.69) is 5.32 Å². The molecule has 6 heteroatoms. The molecule has 0 unspecified atom stereocenters. The van der Waals surface area contributed by atoms with Gasteiger partial charge in [-0.25, -0.2) is 0 Å². The predicted molar refractivity (Wildman–Crippen MR) is 93.9 cm³/mol. The highest BCUT2D eigenvalue weighted by atomic mass is 16.4. The summed E-state index contributed by atoms with van der Waals surface area (Å²) in [7, 11) is 0. The molecule has 2 atom stereocenters. The quantitative estimate of drug-likeness (QED) is 0.590. The average molecular weight is 342 g/mol. The molecule has 0 aromatic rings. The molecule has 0 aromatic carbocycles. The van der Waals surface area contributed by atoms with Crippen LogP contribution < -0.4 is 11.1 Å². The van der Waals surface area contributed by atoms with Gasteiger partial charge in [0, 0.05) is 6.04 Å². The van der Waals surface area contributed by atoms with Gasteiger partial charge >= 0.3 is 11.9 Å². The molecule has 0 bridgehead atoms. The molecule has 0 aliphatic heterocycles. The van der Waals surface area contributed by atoms with Crippen LogP contribution in [0.3, 0.4) is 0 Å². The highest BCUT2D eigenvalue weighted by Crippen LogP contribution is 2.26. The number of rotatable bonds is 6. The van der Waals surface area contributed by atoms with Crippen LogP contribution in [0.15, 0.2) is 0 Å². The first-order chi connectivity index (χ1) is 11.4. The third-order valence-electron chi connectivity index (χ3n) is 5.09.